The highest BCUT2D eigenvalue weighted by molar-refractivity contribution is 6.11. The van der Waals surface area contributed by atoms with Crippen LogP contribution in [0, 0.1) is 5.92 Å². The first kappa shape index (κ1) is 26.4. The van der Waals surface area contributed by atoms with Gasteiger partial charge in [-0.3, -0.25) is 5.32 Å². The van der Waals surface area contributed by atoms with Crippen molar-refractivity contribution in [3.05, 3.63) is 24.3 Å². The minimum atomic E-state index is -0.482. The van der Waals surface area contributed by atoms with Gasteiger partial charge in [0, 0.05) is 18.5 Å². The topological polar surface area (TPSA) is 61.7 Å². The number of ether oxygens (including phenoxy) is 1. The fourth-order valence-corrected chi connectivity index (χ4v) is 3.79. The zero-order valence-electron chi connectivity index (χ0n) is 18.6. The molecule has 1 unspecified atom stereocenters. The van der Waals surface area contributed by atoms with Gasteiger partial charge in [0.15, 0.2) is 0 Å². The van der Waals surface area contributed by atoms with Crippen molar-refractivity contribution in [2.24, 2.45) is 5.92 Å². The lowest BCUT2D eigenvalue weighted by Crippen LogP contribution is -2.36. The predicted molar refractivity (Wildman–Crippen MR) is 123 cm³/mol. The number of hydrogen-bond donors (Lipinski definition) is 3. The molecule has 0 bridgehead atoms. The maximum Gasteiger partial charge on any atom is 0.109 e. The van der Waals surface area contributed by atoms with E-state index in [4.69, 9.17) is 12.6 Å². The summed E-state index contributed by atoms with van der Waals surface area (Å²) in [6, 6.07) is -0.294. The summed E-state index contributed by atoms with van der Waals surface area (Å²) in [5.41, 5.74) is 0. The molecule has 4 nitrogen and oxygen atoms in total. The average Bonchev–Trinajstić information content (AvgIpc) is 3.09. The van der Waals surface area contributed by atoms with Crippen molar-refractivity contribution in [2.45, 2.75) is 109 Å². The lowest BCUT2D eigenvalue weighted by Gasteiger charge is -2.19. The van der Waals surface area contributed by atoms with Crippen molar-refractivity contribution in [3.8, 4) is 0 Å². The van der Waals surface area contributed by atoms with Crippen LogP contribution in [-0.2, 0) is 4.74 Å². The molecule has 4 atom stereocenters. The number of rotatable bonds is 18. The van der Waals surface area contributed by atoms with Gasteiger partial charge < -0.3 is 14.9 Å². The van der Waals surface area contributed by atoms with Gasteiger partial charge >= 0.3 is 0 Å². The summed E-state index contributed by atoms with van der Waals surface area (Å²) in [4.78, 5) is 0. The van der Waals surface area contributed by atoms with Crippen molar-refractivity contribution in [2.75, 3.05) is 13.2 Å². The Labute approximate surface area is 180 Å². The molecular formula is C24H44BNO3. The molecule has 3 N–H and O–H groups in total. The van der Waals surface area contributed by atoms with Crippen molar-refractivity contribution >= 4 is 7.85 Å². The Kier molecular flexibility index (Phi) is 16.6. The van der Waals surface area contributed by atoms with Gasteiger partial charge in [0.25, 0.3) is 0 Å². The Morgan fingerprint density at radius 1 is 1.00 bits per heavy atom. The van der Waals surface area contributed by atoms with Crippen molar-refractivity contribution in [3.63, 3.8) is 0 Å². The normalized spacial score (nSPS) is 23.5. The first-order valence-corrected chi connectivity index (χ1v) is 11.9. The second-order valence-electron chi connectivity index (χ2n) is 8.33. The second kappa shape index (κ2) is 18.2. The van der Waals surface area contributed by atoms with E-state index in [-0.39, 0.29) is 24.6 Å². The van der Waals surface area contributed by atoms with E-state index in [1.54, 1.807) is 0 Å². The van der Waals surface area contributed by atoms with E-state index < -0.39 is 6.23 Å². The van der Waals surface area contributed by atoms with Gasteiger partial charge in [0.05, 0.1) is 12.7 Å². The van der Waals surface area contributed by atoms with Crippen molar-refractivity contribution in [1.29, 1.82) is 0 Å². The highest BCUT2D eigenvalue weighted by Crippen LogP contribution is 2.24. The summed E-state index contributed by atoms with van der Waals surface area (Å²) in [7, 11) is 5.77. The minimum absolute atomic E-state index is 0.0128. The Morgan fingerprint density at radius 3 is 2.34 bits per heavy atom. The zero-order valence-corrected chi connectivity index (χ0v) is 18.6. The Morgan fingerprint density at radius 2 is 1.66 bits per heavy atom. The second-order valence-corrected chi connectivity index (χ2v) is 8.33. The Hall–Kier alpha value is -0.615. The summed E-state index contributed by atoms with van der Waals surface area (Å²) in [6.07, 6.45) is 23.3. The van der Waals surface area contributed by atoms with Crippen LogP contribution in [0.3, 0.4) is 0 Å². The molecule has 0 spiro atoms. The molecule has 0 aromatic carbocycles. The molecule has 5 heteroatoms. The van der Waals surface area contributed by atoms with Gasteiger partial charge in [-0.15, -0.1) is 0 Å². The van der Waals surface area contributed by atoms with Crippen LogP contribution in [-0.4, -0.2) is 49.5 Å². The third-order valence-corrected chi connectivity index (χ3v) is 5.63. The molecule has 1 rings (SSSR count). The number of aliphatic hydroxyl groups is 2. The van der Waals surface area contributed by atoms with Gasteiger partial charge in [0.1, 0.15) is 14.1 Å². The summed E-state index contributed by atoms with van der Waals surface area (Å²) in [6.45, 7) is 2.87. The minimum Gasteiger partial charge on any atom is -0.394 e. The molecule has 1 aliphatic rings. The molecule has 0 amide bonds. The molecule has 1 heterocycles. The smallest absolute Gasteiger partial charge is 0.109 e. The molecule has 0 saturated carbocycles. The van der Waals surface area contributed by atoms with Crippen LogP contribution < -0.4 is 5.32 Å². The fraction of sp³-hybridized carbons (Fsp3) is 0.833. The number of hydrogen-bond acceptors (Lipinski definition) is 4. The number of unbranched alkanes of at least 4 members (excludes halogenated alkanes) is 8. The first-order valence-electron chi connectivity index (χ1n) is 11.9. The maximum absolute atomic E-state index is 10.1. The molecular weight excluding hydrogens is 361 g/mol. The fourth-order valence-electron chi connectivity index (χ4n) is 3.79. The first-order chi connectivity index (χ1) is 14.2. The van der Waals surface area contributed by atoms with Crippen molar-refractivity contribution < 1.29 is 14.9 Å². The summed E-state index contributed by atoms with van der Waals surface area (Å²) >= 11 is 0. The van der Waals surface area contributed by atoms with E-state index in [0.717, 1.165) is 25.7 Å². The van der Waals surface area contributed by atoms with Crippen LogP contribution in [0.5, 0.6) is 0 Å². The van der Waals surface area contributed by atoms with E-state index in [1.807, 2.05) is 0 Å². The zero-order chi connectivity index (χ0) is 21.2. The molecule has 2 radical (unpaired) electrons. The van der Waals surface area contributed by atoms with Crippen LogP contribution in [0.2, 0.25) is 0 Å². The standard InChI is InChI=1S/C24H44BNO3/c1-2-3-4-5-6-7-8-9-10-11-12-13-14-15-16-17-24(28)26-19-21-18-23(25)29-22(21)20-27/h6-7,9-10,21-24,26-28H,2-5,8,11-20H2,1H3/b7-6-,10-9-/t21-,22-,23-,24?/m1/s1. The van der Waals surface area contributed by atoms with E-state index in [9.17, 15) is 10.2 Å². The SMILES string of the molecule is [B][C@H]1C[C@H](CNC(O)CCCCCCC/C=C\C/C=C\CCCCC)[C@@H](CO)O1. The molecule has 1 fully saturated rings. The highest BCUT2D eigenvalue weighted by atomic mass is 16.5. The highest BCUT2D eigenvalue weighted by Gasteiger charge is 2.31. The van der Waals surface area contributed by atoms with E-state index in [1.165, 1.54) is 57.8 Å². The van der Waals surface area contributed by atoms with Gasteiger partial charge in [0.2, 0.25) is 0 Å². The van der Waals surface area contributed by atoms with Crippen LogP contribution in [0.1, 0.15) is 90.4 Å². The summed E-state index contributed by atoms with van der Waals surface area (Å²) < 4.78 is 5.44. The number of allylic oxidation sites excluding steroid dienone is 4. The lowest BCUT2D eigenvalue weighted by molar-refractivity contribution is 0.0228. The van der Waals surface area contributed by atoms with E-state index >= 15 is 0 Å². The lowest BCUT2D eigenvalue weighted by atomic mass is 9.91. The molecule has 0 aliphatic carbocycles. The average molecular weight is 405 g/mol. The molecule has 166 valence electrons. The predicted octanol–water partition coefficient (Wildman–Crippen LogP) is 4.60. The van der Waals surface area contributed by atoms with Crippen LogP contribution in [0.4, 0.5) is 0 Å². The summed E-state index contributed by atoms with van der Waals surface area (Å²) in [5, 5.41) is 22.5. The molecule has 1 aliphatic heterocycles. The van der Waals surface area contributed by atoms with E-state index in [2.05, 4.69) is 36.5 Å². The van der Waals surface area contributed by atoms with Crippen molar-refractivity contribution in [1.82, 2.24) is 5.32 Å². The van der Waals surface area contributed by atoms with E-state index in [0.29, 0.717) is 6.54 Å². The Balaban J connectivity index is 1.88. The summed E-state index contributed by atoms with van der Waals surface area (Å²) in [5.74, 6) is 0.175. The molecule has 29 heavy (non-hydrogen) atoms. The van der Waals surface area contributed by atoms with Crippen LogP contribution in [0.25, 0.3) is 0 Å². The number of nitrogens with one attached hydrogen (secondary N) is 1. The van der Waals surface area contributed by atoms with Crippen LogP contribution >= 0.6 is 0 Å². The van der Waals surface area contributed by atoms with Gasteiger partial charge in [-0.05, 0) is 51.4 Å². The third kappa shape index (κ3) is 14.1. The molecule has 1 saturated heterocycles. The van der Waals surface area contributed by atoms with Gasteiger partial charge in [-0.1, -0.05) is 63.3 Å². The third-order valence-electron chi connectivity index (χ3n) is 5.63. The molecule has 0 aromatic rings. The van der Waals surface area contributed by atoms with Gasteiger partial charge in [-0.2, -0.15) is 0 Å². The van der Waals surface area contributed by atoms with Gasteiger partial charge in [-0.25, -0.2) is 0 Å². The van der Waals surface area contributed by atoms with Crippen LogP contribution in [0.15, 0.2) is 24.3 Å². The monoisotopic (exact) mass is 405 g/mol. The Bertz CT molecular complexity index is 430. The quantitative estimate of drug-likeness (QED) is 0.135. The number of aliphatic hydroxyl groups excluding tert-OH is 2. The molecule has 0 aromatic heterocycles. The largest absolute Gasteiger partial charge is 0.394 e. The maximum atomic E-state index is 10.1.